The molecule has 0 bridgehead atoms. The number of rotatable bonds is 4. The molecule has 0 heterocycles. The van der Waals surface area contributed by atoms with E-state index in [2.05, 4.69) is 11.5 Å². The molecule has 0 fully saturated rings. The first-order valence-corrected chi connectivity index (χ1v) is 14.9. The Labute approximate surface area is 263 Å². The smallest absolute Gasteiger partial charge is 0.195 e. The van der Waals surface area contributed by atoms with Crippen molar-refractivity contribution >= 4 is 34.3 Å². The van der Waals surface area contributed by atoms with Crippen LogP contribution in [0.3, 0.4) is 0 Å². The summed E-state index contributed by atoms with van der Waals surface area (Å²) in [5.74, 6) is -0.889. The predicted octanol–water partition coefficient (Wildman–Crippen LogP) is 7.76. The van der Waals surface area contributed by atoms with Gasteiger partial charge in [-0.1, -0.05) is 97.1 Å². The first kappa shape index (κ1) is 26.0. The number of fused-ring (bicyclic) bond motifs is 4. The molecule has 4 aromatic rings. The molecule has 0 unspecified atom stereocenters. The molecular formula is C42H20O4. The molecule has 46 heavy (non-hydrogen) atoms. The summed E-state index contributed by atoms with van der Waals surface area (Å²) in [6.07, 6.45) is 11.4. The highest BCUT2D eigenvalue weighted by Gasteiger charge is 2.42. The number of allylic oxidation sites excluding steroid dienone is 10. The van der Waals surface area contributed by atoms with Gasteiger partial charge in [-0.05, 0) is 35.4 Å². The lowest BCUT2D eigenvalue weighted by molar-refractivity contribution is 0.0979. The topological polar surface area (TPSA) is 68.3 Å². The summed E-state index contributed by atoms with van der Waals surface area (Å²) in [7, 11) is 0. The summed E-state index contributed by atoms with van der Waals surface area (Å²) >= 11 is 0. The molecule has 9 rings (SSSR count). The molecule has 4 heteroatoms. The number of benzene rings is 4. The lowest BCUT2D eigenvalue weighted by Crippen LogP contribution is -2.26. The zero-order valence-electron chi connectivity index (χ0n) is 24.2. The molecule has 0 spiro atoms. The van der Waals surface area contributed by atoms with Gasteiger partial charge in [0.05, 0.1) is 0 Å². The Morgan fingerprint density at radius 1 is 0.348 bits per heavy atom. The van der Waals surface area contributed by atoms with Gasteiger partial charge in [0, 0.05) is 77.9 Å². The van der Waals surface area contributed by atoms with Crippen LogP contribution in [-0.4, -0.2) is 23.1 Å². The second-order valence-corrected chi connectivity index (χ2v) is 11.5. The predicted molar refractivity (Wildman–Crippen MR) is 175 cm³/mol. The number of hydrogen-bond donors (Lipinski definition) is 0. The van der Waals surface area contributed by atoms with Crippen molar-refractivity contribution in [3.63, 3.8) is 0 Å². The largest absolute Gasteiger partial charge is 0.289 e. The van der Waals surface area contributed by atoms with Gasteiger partial charge in [-0.2, -0.15) is 0 Å². The molecule has 0 atom stereocenters. The molecule has 0 aromatic heterocycles. The summed E-state index contributed by atoms with van der Waals surface area (Å²) in [4.78, 5) is 56.0. The maximum Gasteiger partial charge on any atom is 0.195 e. The molecule has 4 nitrogen and oxygen atoms in total. The average Bonchev–Trinajstić information content (AvgIpc) is 3.81. The van der Waals surface area contributed by atoms with E-state index in [-0.39, 0.29) is 23.1 Å². The van der Waals surface area contributed by atoms with Crippen LogP contribution in [0.15, 0.2) is 155 Å². The first-order chi connectivity index (χ1) is 22.5. The standard InChI is InChI=1S/C42H20O4/c43-39-25-15-5-7-17-27(25)41(45)35-29(19-9-21-31(35)39)37-33(23-11-1-2-12-23)34(24-13-3-4-14-24)38(37)30-20-10-22-32-36(30)42(46)28-18-8-6-16-26(28)40(32)44/h1-11,13,15-22H. The summed E-state index contributed by atoms with van der Waals surface area (Å²) < 4.78 is 0. The lowest BCUT2D eigenvalue weighted by atomic mass is 9.65. The van der Waals surface area contributed by atoms with Crippen molar-refractivity contribution in [3.8, 4) is 0 Å². The van der Waals surface area contributed by atoms with Gasteiger partial charge in [0.2, 0.25) is 0 Å². The highest BCUT2D eigenvalue weighted by atomic mass is 16.1. The van der Waals surface area contributed by atoms with Crippen LogP contribution < -0.4 is 0 Å². The number of carbonyl (C=O) groups is 4. The fraction of sp³-hybridized carbons (Fsp3) is 0. The summed E-state index contributed by atoms with van der Waals surface area (Å²) in [6.45, 7) is 0. The van der Waals surface area contributed by atoms with E-state index in [0.717, 1.165) is 33.4 Å². The van der Waals surface area contributed by atoms with Crippen molar-refractivity contribution < 1.29 is 19.2 Å². The van der Waals surface area contributed by atoms with E-state index in [0.29, 0.717) is 55.6 Å². The maximum atomic E-state index is 14.2. The van der Waals surface area contributed by atoms with Crippen molar-refractivity contribution in [2.45, 2.75) is 0 Å². The Kier molecular flexibility index (Phi) is 5.39. The highest BCUT2D eigenvalue weighted by Crippen LogP contribution is 2.56. The molecule has 4 aromatic carbocycles. The molecule has 0 radical (unpaired) electrons. The lowest BCUT2D eigenvalue weighted by Gasteiger charge is -2.35. The second-order valence-electron chi connectivity index (χ2n) is 11.5. The van der Waals surface area contributed by atoms with Crippen molar-refractivity contribution in [3.05, 3.63) is 211 Å². The Bertz CT molecular complexity index is 2320. The van der Waals surface area contributed by atoms with Crippen LogP contribution in [0, 0.1) is 0 Å². The van der Waals surface area contributed by atoms with Gasteiger partial charge >= 0.3 is 0 Å². The Balaban J connectivity index is 1.37. The minimum Gasteiger partial charge on any atom is -0.289 e. The van der Waals surface area contributed by atoms with Crippen LogP contribution in [0.1, 0.15) is 74.8 Å². The number of carbonyl (C=O) groups excluding carboxylic acids is 4. The summed E-state index contributed by atoms with van der Waals surface area (Å²) in [5, 5.41) is 0. The van der Waals surface area contributed by atoms with Crippen LogP contribution in [0.4, 0.5) is 0 Å². The maximum absolute atomic E-state index is 14.2. The fourth-order valence-electron chi connectivity index (χ4n) is 7.19. The molecule has 0 saturated carbocycles. The van der Waals surface area contributed by atoms with E-state index >= 15 is 0 Å². The number of hydrogen-bond acceptors (Lipinski definition) is 4. The van der Waals surface area contributed by atoms with Gasteiger partial charge in [-0.15, -0.1) is 11.5 Å². The molecule has 5 aliphatic carbocycles. The molecule has 5 aliphatic rings. The minimum absolute atomic E-state index is 0.210. The van der Waals surface area contributed by atoms with Crippen molar-refractivity contribution in [1.29, 1.82) is 0 Å². The SMILES string of the molecule is O=C1c2ccccc2C(=O)c2c1cccc2C1=C(c2cccc3c2C(=O)c2ccccc2C3=O)C(C2=C=CC=C2)=C1C1=C=CC=C1. The van der Waals surface area contributed by atoms with Crippen LogP contribution in [-0.2, 0) is 0 Å². The Morgan fingerprint density at radius 2 is 0.696 bits per heavy atom. The molecule has 0 amide bonds. The van der Waals surface area contributed by atoms with E-state index in [4.69, 9.17) is 0 Å². The monoisotopic (exact) mass is 588 g/mol. The van der Waals surface area contributed by atoms with Crippen LogP contribution in [0.2, 0.25) is 0 Å². The summed E-state index contributed by atoms with van der Waals surface area (Å²) in [5.41, 5.74) is 15.4. The zero-order valence-corrected chi connectivity index (χ0v) is 24.2. The van der Waals surface area contributed by atoms with Gasteiger partial charge in [0.15, 0.2) is 23.1 Å². The molecule has 0 saturated heterocycles. The van der Waals surface area contributed by atoms with Crippen LogP contribution >= 0.6 is 0 Å². The van der Waals surface area contributed by atoms with E-state index in [1.165, 1.54) is 0 Å². The van der Waals surface area contributed by atoms with Gasteiger partial charge in [0.25, 0.3) is 0 Å². The third-order valence-corrected chi connectivity index (χ3v) is 9.18. The van der Waals surface area contributed by atoms with Crippen molar-refractivity contribution in [2.75, 3.05) is 0 Å². The average molecular weight is 589 g/mol. The zero-order chi connectivity index (χ0) is 31.1. The molecule has 0 N–H and O–H groups in total. The van der Waals surface area contributed by atoms with Crippen molar-refractivity contribution in [1.82, 2.24) is 0 Å². The summed E-state index contributed by atoms with van der Waals surface area (Å²) in [6, 6.07) is 24.5. The molecule has 0 aliphatic heterocycles. The van der Waals surface area contributed by atoms with Gasteiger partial charge < -0.3 is 0 Å². The first-order valence-electron chi connectivity index (χ1n) is 14.9. The second kappa shape index (κ2) is 9.53. The third-order valence-electron chi connectivity index (χ3n) is 9.18. The fourth-order valence-corrected chi connectivity index (χ4v) is 7.19. The Hall–Kier alpha value is -6.44. The van der Waals surface area contributed by atoms with E-state index in [1.807, 2.05) is 48.6 Å². The van der Waals surface area contributed by atoms with Crippen LogP contribution in [0.5, 0.6) is 0 Å². The van der Waals surface area contributed by atoms with Gasteiger partial charge in [-0.3, -0.25) is 19.2 Å². The van der Waals surface area contributed by atoms with E-state index < -0.39 is 0 Å². The van der Waals surface area contributed by atoms with Crippen LogP contribution in [0.25, 0.3) is 11.1 Å². The molecular weight excluding hydrogens is 568 g/mol. The third kappa shape index (κ3) is 3.40. The van der Waals surface area contributed by atoms with Gasteiger partial charge in [-0.25, -0.2) is 0 Å². The quantitative estimate of drug-likeness (QED) is 0.198. The molecule has 212 valence electrons. The van der Waals surface area contributed by atoms with E-state index in [9.17, 15) is 19.2 Å². The Morgan fingerprint density at radius 3 is 1.07 bits per heavy atom. The minimum atomic E-state index is -0.234. The number of ketones is 4. The van der Waals surface area contributed by atoms with E-state index in [1.54, 1.807) is 72.8 Å². The van der Waals surface area contributed by atoms with Crippen molar-refractivity contribution in [2.24, 2.45) is 0 Å². The highest BCUT2D eigenvalue weighted by molar-refractivity contribution is 6.34. The van der Waals surface area contributed by atoms with Gasteiger partial charge in [0.1, 0.15) is 0 Å². The normalized spacial score (nSPS) is 16.8.